The predicted molar refractivity (Wildman–Crippen MR) is 76.9 cm³/mol. The van der Waals surface area contributed by atoms with Crippen molar-refractivity contribution in [3.63, 3.8) is 0 Å². The highest BCUT2D eigenvalue weighted by molar-refractivity contribution is 5.88. The molecule has 0 aliphatic rings. The number of hydrogen-bond donors (Lipinski definition) is 1. The second kappa shape index (κ2) is 6.51. The molecule has 20 heavy (non-hydrogen) atoms. The quantitative estimate of drug-likeness (QED) is 0.667. The van der Waals surface area contributed by atoms with Crippen LogP contribution in [0.25, 0.3) is 0 Å². The summed E-state index contributed by atoms with van der Waals surface area (Å²) in [5.74, 6) is 1.36. The van der Waals surface area contributed by atoms with Crippen LogP contribution < -0.4 is 10.5 Å². The van der Waals surface area contributed by atoms with Crippen molar-refractivity contribution in [2.45, 2.75) is 13.3 Å². The molecule has 1 aromatic carbocycles. The molecule has 6 heteroatoms. The Morgan fingerprint density at radius 3 is 2.85 bits per heavy atom. The zero-order chi connectivity index (χ0) is 14.4. The van der Waals surface area contributed by atoms with E-state index >= 15 is 0 Å². The predicted octanol–water partition coefficient (Wildman–Crippen LogP) is 2.39. The number of nitrogens with zero attached hydrogens (tertiary/aromatic N) is 3. The van der Waals surface area contributed by atoms with Gasteiger partial charge in [-0.15, -0.1) is 0 Å². The number of rotatable bonds is 5. The number of nitrogen functional groups attached to an aromatic ring is 1. The average molecular weight is 272 g/mol. The van der Waals surface area contributed by atoms with Gasteiger partial charge >= 0.3 is 0 Å². The summed E-state index contributed by atoms with van der Waals surface area (Å²) < 4.78 is 5.83. The second-order valence-electron chi connectivity index (χ2n) is 3.96. The van der Waals surface area contributed by atoms with Crippen LogP contribution in [0.5, 0.6) is 11.6 Å². The Labute approximate surface area is 117 Å². The molecule has 104 valence electrons. The maximum absolute atomic E-state index is 5.83. The van der Waals surface area contributed by atoms with E-state index in [1.54, 1.807) is 0 Å². The summed E-state index contributed by atoms with van der Waals surface area (Å²) in [6.07, 6.45) is 3.64. The van der Waals surface area contributed by atoms with Crippen LogP contribution in [-0.4, -0.2) is 23.3 Å². The topological polar surface area (TPSA) is 82.6 Å². The second-order valence-corrected chi connectivity index (χ2v) is 3.96. The fourth-order valence-corrected chi connectivity index (χ4v) is 1.70. The van der Waals surface area contributed by atoms with Crippen LogP contribution in [0.3, 0.4) is 0 Å². The van der Waals surface area contributed by atoms with Crippen molar-refractivity contribution in [1.82, 2.24) is 9.97 Å². The molecule has 0 saturated carbocycles. The van der Waals surface area contributed by atoms with Gasteiger partial charge < -0.3 is 15.3 Å². The largest absolute Gasteiger partial charge is 0.438 e. The van der Waals surface area contributed by atoms with Gasteiger partial charge in [-0.05, 0) is 18.1 Å². The molecule has 2 rings (SSSR count). The van der Waals surface area contributed by atoms with E-state index < -0.39 is 0 Å². The number of aromatic nitrogens is 2. The van der Waals surface area contributed by atoms with Gasteiger partial charge in [0.05, 0.1) is 6.21 Å². The number of hydrogen-bond acceptors (Lipinski definition) is 6. The smallest absolute Gasteiger partial charge is 0.233 e. The molecule has 0 atom stereocenters. The van der Waals surface area contributed by atoms with E-state index in [0.29, 0.717) is 11.4 Å². The fourth-order valence-electron chi connectivity index (χ4n) is 1.70. The van der Waals surface area contributed by atoms with Crippen LogP contribution in [0.15, 0.2) is 35.7 Å². The Morgan fingerprint density at radius 2 is 2.10 bits per heavy atom. The number of ether oxygens (including phenoxy) is 1. The van der Waals surface area contributed by atoms with Crippen LogP contribution in [-0.2, 0) is 11.3 Å². The van der Waals surface area contributed by atoms with Gasteiger partial charge in [0.1, 0.15) is 30.6 Å². The first-order valence-electron chi connectivity index (χ1n) is 6.19. The summed E-state index contributed by atoms with van der Waals surface area (Å²) in [6.45, 7) is 2.06. The molecule has 6 nitrogen and oxygen atoms in total. The van der Waals surface area contributed by atoms with E-state index in [1.165, 1.54) is 19.7 Å². The lowest BCUT2D eigenvalue weighted by atomic mass is 10.1. The van der Waals surface area contributed by atoms with Crippen molar-refractivity contribution in [1.29, 1.82) is 0 Å². The minimum Gasteiger partial charge on any atom is -0.438 e. The summed E-state index contributed by atoms with van der Waals surface area (Å²) in [5.41, 5.74) is 7.38. The van der Waals surface area contributed by atoms with E-state index in [4.69, 9.17) is 10.5 Å². The Hall–Kier alpha value is -2.63. The standard InChI is InChI=1S/C14H16N4O2/c1-3-10-6-4-5-7-12(10)20-14-11(8-18-19-2)13(15)16-9-17-14/h4-9H,3H2,1-2H3,(H2,15,16,17). The Morgan fingerprint density at radius 1 is 1.30 bits per heavy atom. The molecule has 0 amide bonds. The lowest BCUT2D eigenvalue weighted by Crippen LogP contribution is -2.03. The molecular formula is C14H16N4O2. The van der Waals surface area contributed by atoms with Gasteiger partial charge in [-0.25, -0.2) is 9.97 Å². The first kappa shape index (κ1) is 13.8. The Kier molecular flexibility index (Phi) is 4.49. The van der Waals surface area contributed by atoms with Gasteiger partial charge in [0.15, 0.2) is 0 Å². The van der Waals surface area contributed by atoms with Crippen molar-refractivity contribution in [2.75, 3.05) is 12.8 Å². The molecule has 1 heterocycles. The fraction of sp³-hybridized carbons (Fsp3) is 0.214. The third-order valence-corrected chi connectivity index (χ3v) is 2.73. The summed E-state index contributed by atoms with van der Waals surface area (Å²) in [5, 5.41) is 3.68. The van der Waals surface area contributed by atoms with E-state index in [0.717, 1.165) is 17.7 Å². The number of aryl methyl sites for hydroxylation is 1. The van der Waals surface area contributed by atoms with Crippen molar-refractivity contribution in [2.24, 2.45) is 5.16 Å². The number of nitrogens with two attached hydrogens (primary N) is 1. The highest BCUT2D eigenvalue weighted by Crippen LogP contribution is 2.27. The van der Waals surface area contributed by atoms with Crippen LogP contribution in [0.2, 0.25) is 0 Å². The molecule has 0 spiro atoms. The molecule has 1 aromatic heterocycles. The lowest BCUT2D eigenvalue weighted by molar-refractivity contribution is 0.215. The third kappa shape index (κ3) is 3.03. The van der Waals surface area contributed by atoms with E-state index in [2.05, 4.69) is 26.9 Å². The Bertz CT molecular complexity index is 614. The first-order chi connectivity index (χ1) is 9.76. The molecule has 0 saturated heterocycles. The normalized spacial score (nSPS) is 10.7. The molecular weight excluding hydrogens is 256 g/mol. The molecule has 2 aromatic rings. The Balaban J connectivity index is 2.38. The van der Waals surface area contributed by atoms with E-state index in [1.807, 2.05) is 24.3 Å². The summed E-state index contributed by atoms with van der Waals surface area (Å²) in [6, 6.07) is 7.76. The number of oxime groups is 1. The molecule has 0 radical (unpaired) electrons. The SMILES string of the molecule is CCc1ccccc1Oc1ncnc(N)c1C=NOC. The van der Waals surface area contributed by atoms with Gasteiger partial charge in [-0.3, -0.25) is 0 Å². The molecule has 0 aliphatic carbocycles. The molecule has 2 N–H and O–H groups in total. The van der Waals surface area contributed by atoms with Crippen LogP contribution in [0.4, 0.5) is 5.82 Å². The van der Waals surface area contributed by atoms with Gasteiger partial charge in [-0.1, -0.05) is 30.3 Å². The highest BCUT2D eigenvalue weighted by atomic mass is 16.6. The van der Waals surface area contributed by atoms with E-state index in [9.17, 15) is 0 Å². The molecule has 0 fully saturated rings. The van der Waals surface area contributed by atoms with Crippen LogP contribution >= 0.6 is 0 Å². The molecule has 0 unspecified atom stereocenters. The zero-order valence-electron chi connectivity index (χ0n) is 11.4. The first-order valence-corrected chi connectivity index (χ1v) is 6.19. The van der Waals surface area contributed by atoms with Crippen LogP contribution in [0, 0.1) is 0 Å². The maximum atomic E-state index is 5.83. The number of para-hydroxylation sites is 1. The van der Waals surface area contributed by atoms with Gasteiger partial charge in [-0.2, -0.15) is 0 Å². The maximum Gasteiger partial charge on any atom is 0.233 e. The summed E-state index contributed by atoms with van der Waals surface area (Å²) in [7, 11) is 1.45. The van der Waals surface area contributed by atoms with Gasteiger partial charge in [0, 0.05) is 0 Å². The van der Waals surface area contributed by atoms with Gasteiger partial charge in [0.25, 0.3) is 0 Å². The molecule has 0 aliphatic heterocycles. The van der Waals surface area contributed by atoms with Crippen molar-refractivity contribution >= 4 is 12.0 Å². The summed E-state index contributed by atoms with van der Waals surface area (Å²) in [4.78, 5) is 12.7. The van der Waals surface area contributed by atoms with Crippen LogP contribution in [0.1, 0.15) is 18.1 Å². The van der Waals surface area contributed by atoms with Gasteiger partial charge in [0.2, 0.25) is 5.88 Å². The van der Waals surface area contributed by atoms with E-state index in [-0.39, 0.29) is 5.82 Å². The number of benzene rings is 1. The highest BCUT2D eigenvalue weighted by Gasteiger charge is 2.11. The number of anilines is 1. The summed E-state index contributed by atoms with van der Waals surface area (Å²) >= 11 is 0. The monoisotopic (exact) mass is 272 g/mol. The average Bonchev–Trinajstić information content (AvgIpc) is 2.47. The van der Waals surface area contributed by atoms with Crippen molar-refractivity contribution in [3.05, 3.63) is 41.7 Å². The molecule has 0 bridgehead atoms. The third-order valence-electron chi connectivity index (χ3n) is 2.73. The zero-order valence-corrected chi connectivity index (χ0v) is 11.4. The minimum absolute atomic E-state index is 0.282. The lowest BCUT2D eigenvalue weighted by Gasteiger charge is -2.11. The minimum atomic E-state index is 0.282. The van der Waals surface area contributed by atoms with Crippen molar-refractivity contribution in [3.8, 4) is 11.6 Å². The van der Waals surface area contributed by atoms with Crippen molar-refractivity contribution < 1.29 is 9.57 Å².